The maximum Gasteiger partial charge on any atom is 0.147 e. The fourth-order valence-electron chi connectivity index (χ4n) is 2.34. The van der Waals surface area contributed by atoms with Crippen molar-refractivity contribution < 1.29 is 8.42 Å². The molecule has 1 fully saturated rings. The van der Waals surface area contributed by atoms with Gasteiger partial charge in [-0.1, -0.05) is 0 Å². The Hall–Kier alpha value is -0.130. The van der Waals surface area contributed by atoms with Crippen molar-refractivity contribution in [2.24, 2.45) is 0 Å². The van der Waals surface area contributed by atoms with Gasteiger partial charge in [-0.15, -0.1) is 0 Å². The minimum Gasteiger partial charge on any atom is -0.317 e. The van der Waals surface area contributed by atoms with Crippen molar-refractivity contribution in [2.45, 2.75) is 38.3 Å². The number of nitrogens with zero attached hydrogens (tertiary/aromatic N) is 1. The van der Waals surface area contributed by atoms with Gasteiger partial charge in [-0.25, -0.2) is 8.42 Å². The number of hydrogen-bond acceptors (Lipinski definition) is 4. The van der Waals surface area contributed by atoms with E-state index in [9.17, 15) is 8.42 Å². The summed E-state index contributed by atoms with van der Waals surface area (Å²) >= 11 is 0. The van der Waals surface area contributed by atoms with Crippen LogP contribution in [0.15, 0.2) is 0 Å². The Balaban J connectivity index is 2.28. The van der Waals surface area contributed by atoms with E-state index < -0.39 is 9.84 Å². The van der Waals surface area contributed by atoms with Crippen molar-refractivity contribution in [1.29, 1.82) is 0 Å². The van der Waals surface area contributed by atoms with E-state index in [2.05, 4.69) is 17.1 Å². The normalized spacial score (nSPS) is 28.2. The van der Waals surface area contributed by atoms with Crippen molar-refractivity contribution in [1.82, 2.24) is 10.2 Å². The van der Waals surface area contributed by atoms with Crippen LogP contribution in [0.2, 0.25) is 0 Å². The summed E-state index contributed by atoms with van der Waals surface area (Å²) in [6.45, 7) is 4.21. The highest BCUT2D eigenvalue weighted by Crippen LogP contribution is 2.17. The van der Waals surface area contributed by atoms with Crippen molar-refractivity contribution in [2.75, 3.05) is 32.1 Å². The third-order valence-corrected chi connectivity index (χ3v) is 4.41. The third kappa shape index (κ3) is 4.80. The number of hydrogen-bond donors (Lipinski definition) is 1. The molecule has 2 atom stereocenters. The standard InChI is InChI=1S/C11H24N2O2S/c1-10-9-11(12-2)5-7-13(10)6-4-8-16(3,14)15/h10-12H,4-9H2,1-3H3. The molecule has 0 amide bonds. The van der Waals surface area contributed by atoms with E-state index in [1.54, 1.807) is 0 Å². The lowest BCUT2D eigenvalue weighted by molar-refractivity contribution is 0.139. The van der Waals surface area contributed by atoms with Gasteiger partial charge in [0.1, 0.15) is 9.84 Å². The van der Waals surface area contributed by atoms with Crippen LogP contribution < -0.4 is 5.32 Å². The molecule has 1 rings (SSSR count). The zero-order valence-corrected chi connectivity index (χ0v) is 11.4. The van der Waals surface area contributed by atoms with Crippen LogP contribution in [0.1, 0.15) is 26.2 Å². The molecular formula is C11H24N2O2S. The first kappa shape index (κ1) is 13.9. The Morgan fingerprint density at radius 2 is 2.12 bits per heavy atom. The average molecular weight is 248 g/mol. The van der Waals surface area contributed by atoms with E-state index in [-0.39, 0.29) is 0 Å². The topological polar surface area (TPSA) is 49.4 Å². The molecule has 0 saturated carbocycles. The molecule has 1 N–H and O–H groups in total. The summed E-state index contributed by atoms with van der Waals surface area (Å²) in [7, 11) is -0.786. The summed E-state index contributed by atoms with van der Waals surface area (Å²) in [4.78, 5) is 2.40. The maximum absolute atomic E-state index is 11.0. The highest BCUT2D eigenvalue weighted by Gasteiger charge is 2.23. The largest absolute Gasteiger partial charge is 0.317 e. The van der Waals surface area contributed by atoms with Crippen molar-refractivity contribution in [3.05, 3.63) is 0 Å². The Labute approximate surface area is 99.3 Å². The summed E-state index contributed by atoms with van der Waals surface area (Å²) in [6.07, 6.45) is 4.39. The number of nitrogens with one attached hydrogen (secondary N) is 1. The number of piperidine rings is 1. The lowest BCUT2D eigenvalue weighted by atomic mass is 9.98. The first-order valence-corrected chi connectivity index (χ1v) is 8.07. The van der Waals surface area contributed by atoms with Gasteiger partial charge in [-0.2, -0.15) is 0 Å². The molecule has 0 aromatic carbocycles. The van der Waals surface area contributed by atoms with Crippen molar-refractivity contribution in [3.8, 4) is 0 Å². The first-order chi connectivity index (χ1) is 7.42. The second-order valence-electron chi connectivity index (χ2n) is 4.88. The molecule has 1 heterocycles. The van der Waals surface area contributed by atoms with Crippen LogP contribution in [0, 0.1) is 0 Å². The monoisotopic (exact) mass is 248 g/mol. The number of likely N-dealkylation sites (tertiary alicyclic amines) is 1. The van der Waals surface area contributed by atoms with E-state index >= 15 is 0 Å². The fourth-order valence-corrected chi connectivity index (χ4v) is 3.00. The molecule has 16 heavy (non-hydrogen) atoms. The Morgan fingerprint density at radius 1 is 1.44 bits per heavy atom. The van der Waals surface area contributed by atoms with Gasteiger partial charge in [0.2, 0.25) is 0 Å². The van der Waals surface area contributed by atoms with Crippen LogP contribution in [0.3, 0.4) is 0 Å². The predicted octanol–water partition coefficient (Wildman–Crippen LogP) is 0.493. The molecular weight excluding hydrogens is 224 g/mol. The molecule has 0 aliphatic carbocycles. The summed E-state index contributed by atoms with van der Waals surface area (Å²) in [5.74, 6) is 0.311. The highest BCUT2D eigenvalue weighted by molar-refractivity contribution is 7.90. The van der Waals surface area contributed by atoms with E-state index in [0.29, 0.717) is 17.8 Å². The minimum absolute atomic E-state index is 0.311. The van der Waals surface area contributed by atoms with Crippen LogP contribution in [0.5, 0.6) is 0 Å². The molecule has 1 aliphatic heterocycles. The molecule has 0 aromatic rings. The zero-order valence-electron chi connectivity index (χ0n) is 10.6. The molecule has 1 saturated heterocycles. The molecule has 4 nitrogen and oxygen atoms in total. The van der Waals surface area contributed by atoms with Crippen LogP contribution in [0.4, 0.5) is 0 Å². The van der Waals surface area contributed by atoms with Gasteiger partial charge >= 0.3 is 0 Å². The fraction of sp³-hybridized carbons (Fsp3) is 1.00. The smallest absolute Gasteiger partial charge is 0.147 e. The van der Waals surface area contributed by atoms with Gasteiger partial charge < -0.3 is 10.2 Å². The highest BCUT2D eigenvalue weighted by atomic mass is 32.2. The minimum atomic E-state index is -2.80. The number of sulfone groups is 1. The number of rotatable bonds is 5. The van der Waals surface area contributed by atoms with Gasteiger partial charge in [0.25, 0.3) is 0 Å². The van der Waals surface area contributed by atoms with E-state index in [4.69, 9.17) is 0 Å². The van der Waals surface area contributed by atoms with Gasteiger partial charge in [-0.3, -0.25) is 0 Å². The van der Waals surface area contributed by atoms with Gasteiger partial charge in [-0.05, 0) is 46.3 Å². The van der Waals surface area contributed by atoms with E-state index in [1.807, 2.05) is 7.05 Å². The molecule has 0 spiro atoms. The second kappa shape index (κ2) is 5.98. The molecule has 0 aromatic heterocycles. The van der Waals surface area contributed by atoms with Crippen molar-refractivity contribution >= 4 is 9.84 Å². The molecule has 0 radical (unpaired) electrons. The molecule has 96 valence electrons. The van der Waals surface area contributed by atoms with Gasteiger partial charge in [0.05, 0.1) is 5.75 Å². The lowest BCUT2D eigenvalue weighted by Gasteiger charge is -2.37. The molecule has 2 unspecified atom stereocenters. The Kier molecular flexibility index (Phi) is 5.21. The quantitative estimate of drug-likeness (QED) is 0.769. The summed E-state index contributed by atoms with van der Waals surface area (Å²) in [5, 5.41) is 3.31. The molecule has 0 bridgehead atoms. The second-order valence-corrected chi connectivity index (χ2v) is 7.14. The van der Waals surface area contributed by atoms with Crippen LogP contribution in [-0.4, -0.2) is 57.5 Å². The van der Waals surface area contributed by atoms with Crippen LogP contribution in [-0.2, 0) is 9.84 Å². The predicted molar refractivity (Wildman–Crippen MR) is 67.4 cm³/mol. The summed E-state index contributed by atoms with van der Waals surface area (Å²) in [6, 6.07) is 1.19. The third-order valence-electron chi connectivity index (χ3n) is 3.38. The van der Waals surface area contributed by atoms with E-state index in [1.165, 1.54) is 12.7 Å². The molecule has 1 aliphatic rings. The van der Waals surface area contributed by atoms with E-state index in [0.717, 1.165) is 25.9 Å². The van der Waals surface area contributed by atoms with Crippen molar-refractivity contribution in [3.63, 3.8) is 0 Å². The SMILES string of the molecule is CNC1CCN(CCCS(C)(=O)=O)C(C)C1. The summed E-state index contributed by atoms with van der Waals surface area (Å²) in [5.41, 5.74) is 0. The summed E-state index contributed by atoms with van der Waals surface area (Å²) < 4.78 is 22.0. The van der Waals surface area contributed by atoms with Gasteiger partial charge in [0.15, 0.2) is 0 Å². The molecule has 5 heteroatoms. The zero-order chi connectivity index (χ0) is 12.2. The Morgan fingerprint density at radius 3 is 2.62 bits per heavy atom. The Bertz CT molecular complexity index is 303. The lowest BCUT2D eigenvalue weighted by Crippen LogP contribution is -2.47. The maximum atomic E-state index is 11.0. The van der Waals surface area contributed by atoms with Crippen LogP contribution >= 0.6 is 0 Å². The van der Waals surface area contributed by atoms with Gasteiger partial charge in [0, 0.05) is 18.3 Å². The average Bonchev–Trinajstić information content (AvgIpc) is 2.18. The first-order valence-electron chi connectivity index (χ1n) is 6.01. The van der Waals surface area contributed by atoms with Crippen LogP contribution in [0.25, 0.3) is 0 Å².